The standard InChI is InChI=1S/C29H28O17/c1-29(46-27(42)10-3-14(32)19(35)15(33)4-10)8-12-13(31)6-11(30)7-17(12)43-25(29)9-2-16(34)20(36)18(5-9)44-28-23(39)21(37)22(38)24(45-28)26(40)41/h2-7,21-25,28,30-39H,8H2,1H3,(H,40,41)/t21-,22-,23+,24-,25+,28+,29+/m0/s1. The van der Waals surface area contributed by atoms with Gasteiger partial charge in [0.2, 0.25) is 12.0 Å². The normalized spacial score (nSPS) is 27.2. The van der Waals surface area contributed by atoms with Gasteiger partial charge in [-0.05, 0) is 31.2 Å². The number of phenols is 7. The molecule has 0 bridgehead atoms. The van der Waals surface area contributed by atoms with Crippen LogP contribution in [-0.2, 0) is 20.7 Å². The van der Waals surface area contributed by atoms with Crippen molar-refractivity contribution >= 4 is 11.9 Å². The maximum atomic E-state index is 13.3. The largest absolute Gasteiger partial charge is 0.508 e. The lowest BCUT2D eigenvalue weighted by Gasteiger charge is -2.42. The molecule has 17 nitrogen and oxygen atoms in total. The highest BCUT2D eigenvalue weighted by Gasteiger charge is 2.50. The van der Waals surface area contributed by atoms with Gasteiger partial charge in [0.05, 0.1) is 5.56 Å². The van der Waals surface area contributed by atoms with Crippen molar-refractivity contribution in [1.29, 1.82) is 0 Å². The first-order valence-corrected chi connectivity index (χ1v) is 13.4. The number of benzene rings is 3. The van der Waals surface area contributed by atoms with Crippen LogP contribution >= 0.6 is 0 Å². The molecule has 0 radical (unpaired) electrons. The third-order valence-corrected chi connectivity index (χ3v) is 7.56. The van der Waals surface area contributed by atoms with Crippen LogP contribution in [0, 0.1) is 0 Å². The van der Waals surface area contributed by atoms with E-state index in [0.717, 1.165) is 36.4 Å². The minimum Gasteiger partial charge on any atom is -0.508 e. The van der Waals surface area contributed by atoms with Gasteiger partial charge in [-0.1, -0.05) is 0 Å². The van der Waals surface area contributed by atoms with Crippen LogP contribution in [-0.4, -0.2) is 104 Å². The molecule has 0 saturated carbocycles. The number of aliphatic carboxylic acids is 1. The number of aromatic hydroxyl groups is 7. The fourth-order valence-corrected chi connectivity index (χ4v) is 5.23. The molecule has 246 valence electrons. The number of carboxylic acid groups (broad SMARTS) is 1. The predicted molar refractivity (Wildman–Crippen MR) is 147 cm³/mol. The summed E-state index contributed by atoms with van der Waals surface area (Å²) in [5.41, 5.74) is -2.28. The number of phenolic OH excluding ortho intramolecular Hbond substituents is 7. The number of carbonyl (C=O) groups excluding carboxylic acids is 1. The monoisotopic (exact) mass is 648 g/mol. The van der Waals surface area contributed by atoms with Crippen molar-refractivity contribution in [2.45, 2.75) is 55.8 Å². The summed E-state index contributed by atoms with van der Waals surface area (Å²) in [6, 6.07) is 5.77. The van der Waals surface area contributed by atoms with Crippen LogP contribution in [0.5, 0.6) is 51.7 Å². The zero-order valence-corrected chi connectivity index (χ0v) is 23.5. The molecule has 17 heteroatoms. The lowest BCUT2D eigenvalue weighted by molar-refractivity contribution is -0.271. The predicted octanol–water partition coefficient (Wildman–Crippen LogP) is 0.189. The van der Waals surface area contributed by atoms with Crippen molar-refractivity contribution in [3.63, 3.8) is 0 Å². The summed E-state index contributed by atoms with van der Waals surface area (Å²) in [6.45, 7) is 1.35. The van der Waals surface area contributed by atoms with Gasteiger partial charge < -0.3 is 75.1 Å². The third kappa shape index (κ3) is 5.63. The van der Waals surface area contributed by atoms with Crippen molar-refractivity contribution in [2.75, 3.05) is 0 Å². The second kappa shape index (κ2) is 11.5. The average Bonchev–Trinajstić information content (AvgIpc) is 2.97. The van der Waals surface area contributed by atoms with Crippen LogP contribution in [0.15, 0.2) is 36.4 Å². The van der Waals surface area contributed by atoms with E-state index in [2.05, 4.69) is 0 Å². The smallest absolute Gasteiger partial charge is 0.339 e. The van der Waals surface area contributed by atoms with Crippen LogP contribution < -0.4 is 9.47 Å². The van der Waals surface area contributed by atoms with Gasteiger partial charge in [-0.3, -0.25) is 0 Å². The summed E-state index contributed by atoms with van der Waals surface area (Å²) in [5.74, 6) is -8.81. The topological polar surface area (TPSA) is 294 Å². The number of hydrogen-bond acceptors (Lipinski definition) is 16. The highest BCUT2D eigenvalue weighted by molar-refractivity contribution is 5.91. The number of rotatable bonds is 6. The van der Waals surface area contributed by atoms with Crippen molar-refractivity contribution in [3.05, 3.63) is 53.1 Å². The van der Waals surface area contributed by atoms with E-state index >= 15 is 0 Å². The Kier molecular flexibility index (Phi) is 8.03. The average molecular weight is 649 g/mol. The fraction of sp³-hybridized carbons (Fsp3) is 0.310. The molecule has 0 unspecified atom stereocenters. The Hall–Kier alpha value is -5.36. The number of carbonyl (C=O) groups is 2. The van der Waals surface area contributed by atoms with E-state index in [1.165, 1.54) is 6.92 Å². The van der Waals surface area contributed by atoms with Crippen molar-refractivity contribution in [1.82, 2.24) is 0 Å². The third-order valence-electron chi connectivity index (χ3n) is 7.56. The van der Waals surface area contributed by atoms with Crippen LogP contribution in [0.4, 0.5) is 0 Å². The van der Waals surface area contributed by atoms with Crippen molar-refractivity contribution in [2.24, 2.45) is 0 Å². The maximum absolute atomic E-state index is 13.3. The molecule has 3 aromatic carbocycles. The van der Waals surface area contributed by atoms with Gasteiger partial charge in [-0.2, -0.15) is 0 Å². The van der Waals surface area contributed by atoms with Crippen LogP contribution in [0.25, 0.3) is 0 Å². The molecule has 2 aliphatic heterocycles. The molecular formula is C29H28O17. The summed E-state index contributed by atoms with van der Waals surface area (Å²) in [7, 11) is 0. The Labute approximate surface area is 257 Å². The molecule has 11 N–H and O–H groups in total. The van der Waals surface area contributed by atoms with Crippen LogP contribution in [0.3, 0.4) is 0 Å². The molecule has 2 aliphatic rings. The first-order valence-electron chi connectivity index (χ1n) is 13.4. The van der Waals surface area contributed by atoms with Crippen molar-refractivity contribution < 1.29 is 84.7 Å². The highest BCUT2D eigenvalue weighted by atomic mass is 16.7. The first-order chi connectivity index (χ1) is 21.5. The highest BCUT2D eigenvalue weighted by Crippen LogP contribution is 2.50. The second-order valence-electron chi connectivity index (χ2n) is 10.9. The van der Waals surface area contributed by atoms with Gasteiger partial charge in [-0.25, -0.2) is 9.59 Å². The number of ether oxygens (including phenoxy) is 4. The molecular weight excluding hydrogens is 620 g/mol. The van der Waals surface area contributed by atoms with Gasteiger partial charge in [-0.15, -0.1) is 0 Å². The summed E-state index contributed by atoms with van der Waals surface area (Å²) in [6.07, 6.45) is -12.0. The van der Waals surface area contributed by atoms with Gasteiger partial charge in [0, 0.05) is 29.7 Å². The molecule has 7 atom stereocenters. The number of aliphatic hydroxyl groups excluding tert-OH is 3. The van der Waals surface area contributed by atoms with E-state index in [-0.39, 0.29) is 23.3 Å². The number of aliphatic hydroxyl groups is 3. The van der Waals surface area contributed by atoms with Gasteiger partial charge in [0.15, 0.2) is 46.6 Å². The first kappa shape index (κ1) is 32.0. The number of hydrogen-bond donors (Lipinski definition) is 11. The zero-order chi connectivity index (χ0) is 33.8. The van der Waals surface area contributed by atoms with E-state index in [1.807, 2.05) is 0 Å². The summed E-state index contributed by atoms with van der Waals surface area (Å²) >= 11 is 0. The molecule has 1 saturated heterocycles. The molecule has 5 rings (SSSR count). The molecule has 3 aromatic rings. The van der Waals surface area contributed by atoms with Gasteiger partial charge in [0.1, 0.15) is 35.6 Å². The SMILES string of the molecule is C[C@@]1(OC(=O)c2cc(O)c(O)c(O)c2)Cc2c(O)cc(O)cc2O[C@@H]1c1cc(O)c(O)c(O[C@@H]2O[C@H](C(=O)O)[C@@H](O)[C@H](O)[C@H]2O)c1. The quantitative estimate of drug-likeness (QED) is 0.126. The van der Waals surface area contributed by atoms with Crippen LogP contribution in [0.2, 0.25) is 0 Å². The van der Waals surface area contributed by atoms with E-state index in [1.54, 1.807) is 0 Å². The maximum Gasteiger partial charge on any atom is 0.339 e. The van der Waals surface area contributed by atoms with E-state index in [4.69, 9.17) is 18.9 Å². The molecule has 0 aliphatic carbocycles. The summed E-state index contributed by atoms with van der Waals surface area (Å²) in [4.78, 5) is 24.8. The lowest BCUT2D eigenvalue weighted by atomic mass is 9.83. The van der Waals surface area contributed by atoms with Crippen LogP contribution in [0.1, 0.15) is 34.5 Å². The minimum atomic E-state index is -2.06. The van der Waals surface area contributed by atoms with E-state index < -0.39 is 106 Å². The Bertz CT molecular complexity index is 1680. The molecule has 0 spiro atoms. The molecule has 1 fully saturated rings. The Morgan fingerprint density at radius 2 is 1.43 bits per heavy atom. The number of carboxylic acids is 1. The minimum absolute atomic E-state index is 0.0752. The van der Waals surface area contributed by atoms with E-state index in [0.29, 0.717) is 0 Å². The molecule has 0 amide bonds. The second-order valence-corrected chi connectivity index (χ2v) is 10.9. The zero-order valence-electron chi connectivity index (χ0n) is 23.5. The van der Waals surface area contributed by atoms with Crippen molar-refractivity contribution in [3.8, 4) is 51.7 Å². The van der Waals surface area contributed by atoms with Gasteiger partial charge in [0.25, 0.3) is 0 Å². The Morgan fingerprint density at radius 1 is 0.804 bits per heavy atom. The lowest BCUT2D eigenvalue weighted by Crippen LogP contribution is -2.61. The molecule has 0 aromatic heterocycles. The summed E-state index contributed by atoms with van der Waals surface area (Å²) < 4.78 is 22.3. The fourth-order valence-electron chi connectivity index (χ4n) is 5.23. The number of esters is 1. The number of fused-ring (bicyclic) bond motifs is 1. The van der Waals surface area contributed by atoms with Gasteiger partial charge >= 0.3 is 11.9 Å². The summed E-state index contributed by atoms with van der Waals surface area (Å²) in [5, 5.41) is 111. The Morgan fingerprint density at radius 3 is 2.07 bits per heavy atom. The molecule has 2 heterocycles. The van der Waals surface area contributed by atoms with E-state index in [9.17, 15) is 65.8 Å². The Balaban J connectivity index is 1.56. The molecule has 46 heavy (non-hydrogen) atoms.